The van der Waals surface area contributed by atoms with E-state index in [1.54, 1.807) is 50.4 Å². The molecule has 36 heavy (non-hydrogen) atoms. The van der Waals surface area contributed by atoms with Crippen molar-refractivity contribution < 1.29 is 27.5 Å². The Balaban J connectivity index is 2.49. The molecule has 9 nitrogen and oxygen atoms in total. The van der Waals surface area contributed by atoms with Gasteiger partial charge in [-0.2, -0.15) is 0 Å². The summed E-state index contributed by atoms with van der Waals surface area (Å²) in [5.74, 6) is 0.0341. The van der Waals surface area contributed by atoms with Crippen molar-refractivity contribution in [1.82, 2.24) is 10.2 Å². The van der Waals surface area contributed by atoms with E-state index in [4.69, 9.17) is 9.47 Å². The Morgan fingerprint density at radius 1 is 1.06 bits per heavy atom. The van der Waals surface area contributed by atoms with Crippen LogP contribution in [0.4, 0.5) is 5.69 Å². The second-order valence-electron chi connectivity index (χ2n) is 9.73. The number of carbonyl (C=O) groups excluding carboxylic acids is 2. The lowest BCUT2D eigenvalue weighted by molar-refractivity contribution is -0.140. The van der Waals surface area contributed by atoms with Crippen molar-refractivity contribution in [2.45, 2.75) is 52.7 Å². The molecule has 0 heterocycles. The van der Waals surface area contributed by atoms with Crippen LogP contribution in [0.15, 0.2) is 42.5 Å². The van der Waals surface area contributed by atoms with Gasteiger partial charge in [-0.25, -0.2) is 8.42 Å². The fourth-order valence-electron chi connectivity index (χ4n) is 3.61. The van der Waals surface area contributed by atoms with Crippen molar-refractivity contribution in [1.29, 1.82) is 0 Å². The van der Waals surface area contributed by atoms with Gasteiger partial charge >= 0.3 is 0 Å². The second-order valence-corrected chi connectivity index (χ2v) is 11.6. The summed E-state index contributed by atoms with van der Waals surface area (Å²) in [5, 5.41) is 2.89. The van der Waals surface area contributed by atoms with Crippen LogP contribution in [0.25, 0.3) is 0 Å². The molecule has 10 heteroatoms. The number of hydrogen-bond acceptors (Lipinski definition) is 6. The van der Waals surface area contributed by atoms with Gasteiger partial charge in [0, 0.05) is 12.1 Å². The molecular formula is C26H37N3O6S. The van der Waals surface area contributed by atoms with Crippen LogP contribution in [0.2, 0.25) is 0 Å². The summed E-state index contributed by atoms with van der Waals surface area (Å²) in [4.78, 5) is 28.1. The summed E-state index contributed by atoms with van der Waals surface area (Å²) in [6.07, 6.45) is 1.03. The SMILES string of the molecule is COc1cccc(CN(C(=O)CN(c2cc(C)ccc2OC)S(C)(=O)=O)[C@H](C)C(=O)NC(C)(C)C)c1. The van der Waals surface area contributed by atoms with E-state index in [-0.39, 0.29) is 18.1 Å². The van der Waals surface area contributed by atoms with Gasteiger partial charge in [0.05, 0.1) is 26.2 Å². The van der Waals surface area contributed by atoms with Crippen LogP contribution >= 0.6 is 0 Å². The maximum absolute atomic E-state index is 13.7. The number of benzene rings is 2. The molecule has 2 aromatic rings. The first-order valence-electron chi connectivity index (χ1n) is 11.5. The van der Waals surface area contributed by atoms with Crippen molar-refractivity contribution in [3.8, 4) is 11.5 Å². The Kier molecular flexibility index (Phi) is 9.37. The Bertz CT molecular complexity index is 1190. The summed E-state index contributed by atoms with van der Waals surface area (Å²) in [6.45, 7) is 8.56. The Morgan fingerprint density at radius 3 is 2.28 bits per heavy atom. The fraction of sp³-hybridized carbons (Fsp3) is 0.462. The topological polar surface area (TPSA) is 105 Å². The molecule has 0 saturated carbocycles. The summed E-state index contributed by atoms with van der Waals surface area (Å²) >= 11 is 0. The monoisotopic (exact) mass is 519 g/mol. The third-order valence-electron chi connectivity index (χ3n) is 5.43. The van der Waals surface area contributed by atoms with E-state index in [1.807, 2.05) is 33.8 Å². The molecule has 0 aliphatic rings. The Labute approximate surface area is 214 Å². The average molecular weight is 520 g/mol. The van der Waals surface area contributed by atoms with Crippen molar-refractivity contribution in [2.75, 3.05) is 31.3 Å². The highest BCUT2D eigenvalue weighted by atomic mass is 32.2. The first kappa shape index (κ1) is 29.0. The number of sulfonamides is 1. The van der Waals surface area contributed by atoms with E-state index in [9.17, 15) is 18.0 Å². The predicted molar refractivity (Wildman–Crippen MR) is 141 cm³/mol. The van der Waals surface area contributed by atoms with E-state index in [0.29, 0.717) is 11.5 Å². The number of methoxy groups -OCH3 is 2. The van der Waals surface area contributed by atoms with Gasteiger partial charge in [-0.15, -0.1) is 0 Å². The molecule has 0 unspecified atom stereocenters. The number of amides is 2. The summed E-state index contributed by atoms with van der Waals surface area (Å²) in [5.41, 5.74) is 1.28. The number of ether oxygens (including phenoxy) is 2. The van der Waals surface area contributed by atoms with E-state index in [0.717, 1.165) is 21.7 Å². The van der Waals surface area contributed by atoms with E-state index in [2.05, 4.69) is 5.32 Å². The van der Waals surface area contributed by atoms with Crippen LogP contribution in [0.5, 0.6) is 11.5 Å². The van der Waals surface area contributed by atoms with Crippen LogP contribution in [0.1, 0.15) is 38.8 Å². The van der Waals surface area contributed by atoms with Crippen molar-refractivity contribution in [2.24, 2.45) is 0 Å². The first-order valence-corrected chi connectivity index (χ1v) is 13.4. The highest BCUT2D eigenvalue weighted by Crippen LogP contribution is 2.31. The van der Waals surface area contributed by atoms with Crippen LogP contribution in [-0.2, 0) is 26.2 Å². The predicted octanol–water partition coefficient (Wildman–Crippen LogP) is 3.11. The van der Waals surface area contributed by atoms with Crippen molar-refractivity contribution in [3.63, 3.8) is 0 Å². The largest absolute Gasteiger partial charge is 0.497 e. The molecule has 0 spiro atoms. The summed E-state index contributed by atoms with van der Waals surface area (Å²) in [6, 6.07) is 11.4. The lowest BCUT2D eigenvalue weighted by atomic mass is 10.1. The van der Waals surface area contributed by atoms with Crippen molar-refractivity contribution >= 4 is 27.5 Å². The molecule has 0 bridgehead atoms. The molecule has 0 radical (unpaired) electrons. The number of aryl methyl sites for hydroxylation is 1. The maximum atomic E-state index is 13.7. The number of nitrogens with zero attached hydrogens (tertiary/aromatic N) is 2. The third kappa shape index (κ3) is 7.87. The number of carbonyl (C=O) groups is 2. The minimum Gasteiger partial charge on any atom is -0.497 e. The molecular weight excluding hydrogens is 482 g/mol. The van der Waals surface area contributed by atoms with Crippen molar-refractivity contribution in [3.05, 3.63) is 53.6 Å². The highest BCUT2D eigenvalue weighted by molar-refractivity contribution is 7.92. The summed E-state index contributed by atoms with van der Waals surface area (Å²) in [7, 11) is -0.892. The maximum Gasteiger partial charge on any atom is 0.244 e. The van der Waals surface area contributed by atoms with Gasteiger partial charge in [0.2, 0.25) is 21.8 Å². The zero-order chi connectivity index (χ0) is 27.3. The molecule has 0 aliphatic carbocycles. The molecule has 1 N–H and O–H groups in total. The Hall–Kier alpha value is -3.27. The number of rotatable bonds is 10. The molecule has 2 aromatic carbocycles. The molecule has 1 atom stereocenters. The minimum atomic E-state index is -3.87. The normalized spacial score (nSPS) is 12.4. The minimum absolute atomic E-state index is 0.0807. The van der Waals surface area contributed by atoms with Gasteiger partial charge in [0.1, 0.15) is 24.1 Å². The van der Waals surface area contributed by atoms with Gasteiger partial charge in [-0.05, 0) is 70.0 Å². The number of nitrogens with one attached hydrogen (secondary N) is 1. The van der Waals surface area contributed by atoms with Gasteiger partial charge in [0.15, 0.2) is 0 Å². The van der Waals surface area contributed by atoms with Gasteiger partial charge in [0.25, 0.3) is 0 Å². The van der Waals surface area contributed by atoms with Crippen LogP contribution in [0.3, 0.4) is 0 Å². The summed E-state index contributed by atoms with van der Waals surface area (Å²) < 4.78 is 37.3. The number of anilines is 1. The molecule has 198 valence electrons. The van der Waals surface area contributed by atoms with Crippen LogP contribution in [0, 0.1) is 6.92 Å². The van der Waals surface area contributed by atoms with E-state index >= 15 is 0 Å². The number of hydrogen-bond donors (Lipinski definition) is 1. The van der Waals surface area contributed by atoms with Gasteiger partial charge in [-0.1, -0.05) is 18.2 Å². The zero-order valence-electron chi connectivity index (χ0n) is 22.3. The molecule has 0 saturated heterocycles. The molecule has 0 aliphatic heterocycles. The van der Waals surface area contributed by atoms with E-state index in [1.165, 1.54) is 12.0 Å². The zero-order valence-corrected chi connectivity index (χ0v) is 23.1. The quantitative estimate of drug-likeness (QED) is 0.517. The lowest BCUT2D eigenvalue weighted by Crippen LogP contribution is -2.54. The molecule has 0 aromatic heterocycles. The first-order chi connectivity index (χ1) is 16.7. The lowest BCUT2D eigenvalue weighted by Gasteiger charge is -2.33. The third-order valence-corrected chi connectivity index (χ3v) is 6.56. The van der Waals surface area contributed by atoms with Crippen LogP contribution in [-0.4, -0.2) is 63.7 Å². The highest BCUT2D eigenvalue weighted by Gasteiger charge is 2.32. The average Bonchev–Trinajstić information content (AvgIpc) is 2.78. The fourth-order valence-corrected chi connectivity index (χ4v) is 4.46. The Morgan fingerprint density at radius 2 is 1.72 bits per heavy atom. The smallest absolute Gasteiger partial charge is 0.244 e. The van der Waals surface area contributed by atoms with Gasteiger partial charge in [-0.3, -0.25) is 13.9 Å². The van der Waals surface area contributed by atoms with Gasteiger partial charge < -0.3 is 19.7 Å². The molecule has 2 rings (SSSR count). The standard InChI is InChI=1S/C26H37N3O6S/c1-18-12-13-23(35-7)22(14-18)29(36(8,32)33)17-24(30)28(19(2)25(31)27-26(3,4)5)16-20-10-9-11-21(15-20)34-6/h9-15,19H,16-17H2,1-8H3,(H,27,31)/t19-/m1/s1. The molecule has 2 amide bonds. The van der Waals surface area contributed by atoms with Crippen LogP contribution < -0.4 is 19.1 Å². The van der Waals surface area contributed by atoms with E-state index < -0.39 is 34.1 Å². The molecule has 0 fully saturated rings. The second kappa shape index (κ2) is 11.6.